The molecule has 0 unspecified atom stereocenters. The molecule has 7 heteroatoms. The fourth-order valence-electron chi connectivity index (χ4n) is 1.03. The lowest BCUT2D eigenvalue weighted by Gasteiger charge is -1.99. The third-order valence-electron chi connectivity index (χ3n) is 1.82. The Hall–Kier alpha value is -2.02. The van der Waals surface area contributed by atoms with Gasteiger partial charge in [0.05, 0.1) is 0 Å². The van der Waals surface area contributed by atoms with E-state index in [0.29, 0.717) is 10.8 Å². The van der Waals surface area contributed by atoms with Gasteiger partial charge in [0.1, 0.15) is 12.0 Å². The van der Waals surface area contributed by atoms with Crippen LogP contribution in [-0.2, 0) is 0 Å². The van der Waals surface area contributed by atoms with Crippen LogP contribution >= 0.6 is 11.3 Å². The maximum atomic E-state index is 11.5. The van der Waals surface area contributed by atoms with Crippen LogP contribution in [0.2, 0.25) is 0 Å². The van der Waals surface area contributed by atoms with Crippen LogP contribution < -0.4 is 5.32 Å². The van der Waals surface area contributed by atoms with Crippen molar-refractivity contribution < 1.29 is 9.59 Å². The summed E-state index contributed by atoms with van der Waals surface area (Å²) in [5.41, 5.74) is 0.353. The Morgan fingerprint density at radius 1 is 1.50 bits per heavy atom. The van der Waals surface area contributed by atoms with Crippen LogP contribution in [0.25, 0.3) is 0 Å². The molecule has 0 bridgehead atoms. The lowest BCUT2D eigenvalue weighted by molar-refractivity contribution is 0.101. The van der Waals surface area contributed by atoms with Crippen LogP contribution in [0.3, 0.4) is 0 Å². The van der Waals surface area contributed by atoms with Gasteiger partial charge in [-0.2, -0.15) is 0 Å². The molecule has 2 rings (SSSR count). The van der Waals surface area contributed by atoms with Gasteiger partial charge >= 0.3 is 6.03 Å². The number of nitrogens with zero attached hydrogens (tertiary/aromatic N) is 3. The number of imidazole rings is 1. The highest BCUT2D eigenvalue weighted by Gasteiger charge is 2.09. The molecule has 16 heavy (non-hydrogen) atoms. The van der Waals surface area contributed by atoms with Crippen molar-refractivity contribution in [3.05, 3.63) is 29.8 Å². The van der Waals surface area contributed by atoms with Crippen molar-refractivity contribution in [2.45, 2.75) is 6.92 Å². The standard InChI is InChI=1S/C9H8N4O2S/c1-6(14)7-4-16-8(11-7)12-9(15)13-3-2-10-5-13/h2-5H,1H3,(H,11,12,15). The maximum Gasteiger partial charge on any atom is 0.333 e. The van der Waals surface area contributed by atoms with E-state index in [0.717, 1.165) is 0 Å². The third kappa shape index (κ3) is 2.14. The summed E-state index contributed by atoms with van der Waals surface area (Å²) < 4.78 is 1.29. The van der Waals surface area contributed by atoms with Crippen LogP contribution in [0.4, 0.5) is 9.93 Å². The van der Waals surface area contributed by atoms with E-state index in [9.17, 15) is 9.59 Å². The highest BCUT2D eigenvalue weighted by atomic mass is 32.1. The summed E-state index contributed by atoms with van der Waals surface area (Å²) in [6.07, 6.45) is 4.41. The largest absolute Gasteiger partial charge is 0.333 e. The van der Waals surface area contributed by atoms with Crippen LogP contribution in [0.5, 0.6) is 0 Å². The molecule has 0 aromatic carbocycles. The fraction of sp³-hybridized carbons (Fsp3) is 0.111. The normalized spacial score (nSPS) is 10.1. The molecule has 2 aromatic heterocycles. The Kier molecular flexibility index (Phi) is 2.78. The highest BCUT2D eigenvalue weighted by Crippen LogP contribution is 2.15. The molecule has 1 amide bonds. The predicted molar refractivity (Wildman–Crippen MR) is 58.8 cm³/mol. The Bertz CT molecular complexity index is 517. The summed E-state index contributed by atoms with van der Waals surface area (Å²) in [4.78, 5) is 30.2. The average Bonchev–Trinajstić information content (AvgIpc) is 2.87. The van der Waals surface area contributed by atoms with Gasteiger partial charge in [0.15, 0.2) is 10.9 Å². The van der Waals surface area contributed by atoms with E-state index < -0.39 is 0 Å². The number of amides is 1. The molecule has 6 nitrogen and oxygen atoms in total. The Labute approximate surface area is 95.0 Å². The van der Waals surface area contributed by atoms with E-state index in [2.05, 4.69) is 15.3 Å². The first-order valence-electron chi connectivity index (χ1n) is 4.42. The minimum atomic E-state index is -0.359. The van der Waals surface area contributed by atoms with Gasteiger partial charge in [-0.15, -0.1) is 11.3 Å². The Morgan fingerprint density at radius 2 is 2.31 bits per heavy atom. The molecule has 82 valence electrons. The maximum absolute atomic E-state index is 11.5. The summed E-state index contributed by atoms with van der Waals surface area (Å²) in [6, 6.07) is -0.359. The molecule has 2 aromatic rings. The SMILES string of the molecule is CC(=O)c1csc(NC(=O)n2ccnc2)n1. The molecular formula is C9H8N4O2S. The molecular weight excluding hydrogens is 228 g/mol. The minimum absolute atomic E-state index is 0.126. The van der Waals surface area contributed by atoms with Gasteiger partial charge < -0.3 is 0 Å². The van der Waals surface area contributed by atoms with Crippen LogP contribution in [0, 0.1) is 0 Å². The molecule has 0 saturated carbocycles. The number of thiazole rings is 1. The quantitative estimate of drug-likeness (QED) is 0.804. The van der Waals surface area contributed by atoms with Gasteiger partial charge in [-0.3, -0.25) is 14.7 Å². The number of carbonyl (C=O) groups excluding carboxylic acids is 2. The van der Waals surface area contributed by atoms with Crippen molar-refractivity contribution in [3.8, 4) is 0 Å². The molecule has 0 aliphatic heterocycles. The molecule has 0 atom stereocenters. The van der Waals surface area contributed by atoms with Crippen LogP contribution in [-0.4, -0.2) is 26.3 Å². The summed E-state index contributed by atoms with van der Waals surface area (Å²) in [7, 11) is 0. The van der Waals surface area contributed by atoms with Gasteiger partial charge in [-0.05, 0) is 0 Å². The molecule has 0 radical (unpaired) electrons. The van der Waals surface area contributed by atoms with Crippen molar-refractivity contribution >= 4 is 28.3 Å². The zero-order valence-corrected chi connectivity index (χ0v) is 9.19. The van der Waals surface area contributed by atoms with Gasteiger partial charge in [0.2, 0.25) is 0 Å². The third-order valence-corrected chi connectivity index (χ3v) is 2.58. The minimum Gasteiger partial charge on any atom is -0.293 e. The second-order valence-electron chi connectivity index (χ2n) is 2.99. The van der Waals surface area contributed by atoms with Gasteiger partial charge in [0.25, 0.3) is 0 Å². The number of hydrogen-bond acceptors (Lipinski definition) is 5. The topological polar surface area (TPSA) is 76.9 Å². The molecule has 2 heterocycles. The van der Waals surface area contributed by atoms with E-state index in [4.69, 9.17) is 0 Å². The predicted octanol–water partition coefficient (Wildman–Crippen LogP) is 1.62. The van der Waals surface area contributed by atoms with Crippen molar-refractivity contribution in [2.75, 3.05) is 5.32 Å². The number of nitrogens with one attached hydrogen (secondary N) is 1. The first kappa shape index (κ1) is 10.5. The number of ketones is 1. The summed E-state index contributed by atoms with van der Waals surface area (Å²) >= 11 is 1.21. The average molecular weight is 236 g/mol. The fourth-order valence-corrected chi connectivity index (χ4v) is 1.77. The Balaban J connectivity index is 2.09. The van der Waals surface area contributed by atoms with Crippen molar-refractivity contribution in [2.24, 2.45) is 0 Å². The summed E-state index contributed by atoms with van der Waals surface area (Å²) in [5.74, 6) is -0.126. The molecule has 0 spiro atoms. The first-order valence-corrected chi connectivity index (χ1v) is 5.30. The number of hydrogen-bond donors (Lipinski definition) is 1. The monoisotopic (exact) mass is 236 g/mol. The van der Waals surface area contributed by atoms with E-state index >= 15 is 0 Å². The van der Waals surface area contributed by atoms with E-state index in [1.54, 1.807) is 5.38 Å². The Morgan fingerprint density at radius 3 is 2.88 bits per heavy atom. The van der Waals surface area contributed by atoms with Crippen molar-refractivity contribution in [1.82, 2.24) is 14.5 Å². The highest BCUT2D eigenvalue weighted by molar-refractivity contribution is 7.14. The number of carbonyl (C=O) groups is 2. The lowest BCUT2D eigenvalue weighted by Crippen LogP contribution is -2.17. The van der Waals surface area contributed by atoms with Gasteiger partial charge in [0, 0.05) is 24.7 Å². The zero-order chi connectivity index (χ0) is 11.5. The molecule has 0 aliphatic rings. The number of aromatic nitrogens is 3. The first-order chi connectivity index (χ1) is 7.66. The van der Waals surface area contributed by atoms with Crippen LogP contribution in [0.1, 0.15) is 17.4 Å². The molecule has 0 fully saturated rings. The second kappa shape index (κ2) is 4.23. The van der Waals surface area contributed by atoms with Gasteiger partial charge in [-0.1, -0.05) is 0 Å². The summed E-state index contributed by atoms with van der Waals surface area (Å²) in [5, 5.41) is 4.55. The second-order valence-corrected chi connectivity index (χ2v) is 3.85. The van der Waals surface area contributed by atoms with Crippen molar-refractivity contribution in [3.63, 3.8) is 0 Å². The van der Waals surface area contributed by atoms with E-state index in [-0.39, 0.29) is 11.8 Å². The number of anilines is 1. The molecule has 1 N–H and O–H groups in total. The smallest absolute Gasteiger partial charge is 0.293 e. The zero-order valence-electron chi connectivity index (χ0n) is 8.38. The molecule has 0 aliphatic carbocycles. The molecule has 0 saturated heterocycles. The summed E-state index contributed by atoms with van der Waals surface area (Å²) in [6.45, 7) is 1.43. The van der Waals surface area contributed by atoms with Gasteiger partial charge in [-0.25, -0.2) is 14.8 Å². The van der Waals surface area contributed by atoms with E-state index in [1.165, 1.54) is 41.5 Å². The lowest BCUT2D eigenvalue weighted by atomic mass is 10.4. The number of rotatable bonds is 2. The number of Topliss-reactive ketones (excluding diaryl/α,β-unsaturated/α-hetero) is 1. The van der Waals surface area contributed by atoms with Crippen LogP contribution in [0.15, 0.2) is 24.1 Å². The van der Waals surface area contributed by atoms with E-state index in [1.807, 2.05) is 0 Å². The van der Waals surface area contributed by atoms with Crippen molar-refractivity contribution in [1.29, 1.82) is 0 Å².